The summed E-state index contributed by atoms with van der Waals surface area (Å²) in [5, 5.41) is 1.05. The predicted octanol–water partition coefficient (Wildman–Crippen LogP) is 4.48. The summed E-state index contributed by atoms with van der Waals surface area (Å²) in [6.07, 6.45) is 4.52. The maximum absolute atomic E-state index is 11.1. The van der Waals surface area contributed by atoms with Gasteiger partial charge in [-0.2, -0.15) is 13.0 Å². The van der Waals surface area contributed by atoms with Gasteiger partial charge in [-0.05, 0) is 43.7 Å². The van der Waals surface area contributed by atoms with Crippen LogP contribution in [-0.4, -0.2) is 31.8 Å². The number of rotatable bonds is 9. The van der Waals surface area contributed by atoms with Crippen LogP contribution in [-0.2, 0) is 16.7 Å². The second-order valence-electron chi connectivity index (χ2n) is 6.80. The zero-order chi connectivity index (χ0) is 20.9. The molecule has 2 aromatic carbocycles. The monoisotopic (exact) mass is 431 g/mol. The molecule has 0 saturated heterocycles. The number of thiazole rings is 1. The average Bonchev–Trinajstić information content (AvgIpc) is 3.05. The fourth-order valence-corrected chi connectivity index (χ4v) is 4.95. The fraction of sp³-hybridized carbons (Fsp3) is 0.318. The van der Waals surface area contributed by atoms with E-state index < -0.39 is 10.1 Å². The minimum atomic E-state index is -3.95. The average molecular weight is 432 g/mol. The molecule has 0 unspecified atom stereocenters. The summed E-state index contributed by atoms with van der Waals surface area (Å²) in [6.45, 7) is 6.80. The molecule has 0 saturated carbocycles. The Labute approximate surface area is 176 Å². The number of aromatic nitrogens is 1. The Balaban J connectivity index is 1.84. The lowest BCUT2D eigenvalue weighted by Crippen LogP contribution is -2.35. The summed E-state index contributed by atoms with van der Waals surface area (Å²) in [5.74, 6) is -0.236. The van der Waals surface area contributed by atoms with E-state index in [1.165, 1.54) is 5.69 Å². The molecule has 0 spiro atoms. The quantitative estimate of drug-likeness (QED) is 0.401. The van der Waals surface area contributed by atoms with Crippen LogP contribution in [0.1, 0.15) is 30.8 Å². The van der Waals surface area contributed by atoms with Gasteiger partial charge in [-0.1, -0.05) is 35.6 Å². The standard InChI is InChI=1S/C22H26N2O3S2/c1-3-23(4-2)19-13-10-18(11-14-19)12-15-22-24(16-7-17-29(25,26)27)20-8-5-6-9-21(20)28-22/h5-6,8-15H,3-4,7,16-17H2,1-2H3/p+1. The number of hydrogen-bond acceptors (Lipinski definition) is 4. The summed E-state index contributed by atoms with van der Waals surface area (Å²) in [6, 6.07) is 16.6. The predicted molar refractivity (Wildman–Crippen MR) is 122 cm³/mol. The van der Waals surface area contributed by atoms with Gasteiger partial charge in [0.15, 0.2) is 6.54 Å². The Hall–Kier alpha value is -2.22. The molecule has 7 heteroatoms. The van der Waals surface area contributed by atoms with Crippen molar-refractivity contribution in [3.8, 4) is 0 Å². The molecule has 0 amide bonds. The number of fused-ring (bicyclic) bond motifs is 1. The number of nitrogens with zero attached hydrogens (tertiary/aromatic N) is 2. The van der Waals surface area contributed by atoms with Crippen LogP contribution < -0.4 is 9.47 Å². The maximum Gasteiger partial charge on any atom is 0.265 e. The van der Waals surface area contributed by atoms with Crippen LogP contribution in [0.4, 0.5) is 5.69 Å². The van der Waals surface area contributed by atoms with E-state index in [4.69, 9.17) is 4.55 Å². The summed E-state index contributed by atoms with van der Waals surface area (Å²) in [4.78, 5) is 2.31. The Morgan fingerprint density at radius 2 is 1.72 bits per heavy atom. The van der Waals surface area contributed by atoms with Crippen LogP contribution >= 0.6 is 11.3 Å². The molecule has 1 aromatic heterocycles. The van der Waals surface area contributed by atoms with Gasteiger partial charge in [0, 0.05) is 37.3 Å². The Kier molecular flexibility index (Phi) is 7.05. The van der Waals surface area contributed by atoms with E-state index in [1.807, 2.05) is 18.2 Å². The van der Waals surface area contributed by atoms with E-state index in [0.29, 0.717) is 13.0 Å². The second-order valence-corrected chi connectivity index (χ2v) is 9.43. The number of hydrogen-bond donors (Lipinski definition) is 1. The third-order valence-electron chi connectivity index (χ3n) is 4.86. The molecule has 29 heavy (non-hydrogen) atoms. The lowest BCUT2D eigenvalue weighted by molar-refractivity contribution is -0.668. The maximum atomic E-state index is 11.1. The van der Waals surface area contributed by atoms with Gasteiger partial charge in [0.2, 0.25) is 5.52 Å². The fourth-order valence-electron chi connectivity index (χ4n) is 3.37. The van der Waals surface area contributed by atoms with Crippen LogP contribution in [0.15, 0.2) is 48.5 Å². The van der Waals surface area contributed by atoms with Crippen molar-refractivity contribution in [1.29, 1.82) is 0 Å². The number of para-hydroxylation sites is 1. The largest absolute Gasteiger partial charge is 0.372 e. The topological polar surface area (TPSA) is 61.5 Å². The minimum Gasteiger partial charge on any atom is -0.372 e. The Morgan fingerprint density at radius 1 is 1.03 bits per heavy atom. The second kappa shape index (κ2) is 9.52. The van der Waals surface area contributed by atoms with Crippen molar-refractivity contribution in [2.75, 3.05) is 23.7 Å². The van der Waals surface area contributed by atoms with E-state index in [-0.39, 0.29) is 5.75 Å². The molecule has 0 radical (unpaired) electrons. The van der Waals surface area contributed by atoms with Gasteiger partial charge in [0.25, 0.3) is 15.1 Å². The molecule has 1 heterocycles. The highest BCUT2D eigenvalue weighted by Gasteiger charge is 2.19. The van der Waals surface area contributed by atoms with E-state index in [9.17, 15) is 8.42 Å². The van der Waals surface area contributed by atoms with Gasteiger partial charge in [-0.15, -0.1) is 0 Å². The van der Waals surface area contributed by atoms with Crippen molar-refractivity contribution < 1.29 is 17.5 Å². The number of anilines is 1. The van der Waals surface area contributed by atoms with Gasteiger partial charge in [-0.3, -0.25) is 4.55 Å². The van der Waals surface area contributed by atoms with Crippen molar-refractivity contribution in [3.05, 3.63) is 59.1 Å². The van der Waals surface area contributed by atoms with Gasteiger partial charge in [0.05, 0.1) is 5.75 Å². The third kappa shape index (κ3) is 5.65. The van der Waals surface area contributed by atoms with Gasteiger partial charge >= 0.3 is 0 Å². The first kappa shape index (κ1) is 21.5. The van der Waals surface area contributed by atoms with Crippen molar-refractivity contribution in [3.63, 3.8) is 0 Å². The lowest BCUT2D eigenvalue weighted by atomic mass is 10.2. The SMILES string of the molecule is CCN(CC)c1ccc(/C=C/c2sc3ccccc3[n+]2CCCS(=O)(=O)O)cc1. The molecule has 0 aliphatic heterocycles. The number of benzene rings is 2. The normalized spacial score (nSPS) is 12.1. The molecule has 0 aliphatic carbocycles. The summed E-state index contributed by atoms with van der Waals surface area (Å²) in [5.41, 5.74) is 3.40. The van der Waals surface area contributed by atoms with Crippen LogP contribution in [0, 0.1) is 0 Å². The van der Waals surface area contributed by atoms with E-state index in [2.05, 4.69) is 65.8 Å². The first-order valence-corrected chi connectivity index (χ1v) is 12.2. The molecule has 154 valence electrons. The first-order chi connectivity index (χ1) is 13.9. The van der Waals surface area contributed by atoms with Crippen molar-refractivity contribution in [1.82, 2.24) is 0 Å². The highest BCUT2D eigenvalue weighted by molar-refractivity contribution is 7.85. The Morgan fingerprint density at radius 3 is 2.38 bits per heavy atom. The molecule has 1 N–H and O–H groups in total. The summed E-state index contributed by atoms with van der Waals surface area (Å²) in [7, 11) is -3.95. The first-order valence-electron chi connectivity index (χ1n) is 9.81. The summed E-state index contributed by atoms with van der Waals surface area (Å²) >= 11 is 1.67. The van der Waals surface area contributed by atoms with Crippen LogP contribution in [0.2, 0.25) is 0 Å². The molecule has 0 bridgehead atoms. The molecule has 0 aliphatic rings. The van der Waals surface area contributed by atoms with Crippen LogP contribution in [0.5, 0.6) is 0 Å². The van der Waals surface area contributed by atoms with E-state index in [0.717, 1.165) is 33.9 Å². The molecular formula is C22H27N2O3S2+. The molecule has 0 fully saturated rings. The van der Waals surface area contributed by atoms with Crippen molar-refractivity contribution in [2.24, 2.45) is 0 Å². The van der Waals surface area contributed by atoms with Gasteiger partial charge in [-0.25, -0.2) is 0 Å². The van der Waals surface area contributed by atoms with Crippen molar-refractivity contribution in [2.45, 2.75) is 26.8 Å². The zero-order valence-corrected chi connectivity index (χ0v) is 18.4. The number of aryl methyl sites for hydroxylation is 1. The van der Waals surface area contributed by atoms with E-state index >= 15 is 0 Å². The molecule has 3 aromatic rings. The molecule has 5 nitrogen and oxygen atoms in total. The van der Waals surface area contributed by atoms with Gasteiger partial charge in [0.1, 0.15) is 4.70 Å². The molecule has 3 rings (SSSR count). The lowest BCUT2D eigenvalue weighted by Gasteiger charge is -2.20. The minimum absolute atomic E-state index is 0.236. The molecular weight excluding hydrogens is 404 g/mol. The van der Waals surface area contributed by atoms with Crippen molar-refractivity contribution >= 4 is 49.5 Å². The van der Waals surface area contributed by atoms with E-state index in [1.54, 1.807) is 11.3 Å². The highest BCUT2D eigenvalue weighted by Crippen LogP contribution is 2.23. The van der Waals surface area contributed by atoms with Crippen LogP contribution in [0.3, 0.4) is 0 Å². The third-order valence-corrected chi connectivity index (χ3v) is 6.80. The smallest absolute Gasteiger partial charge is 0.265 e. The van der Waals surface area contributed by atoms with Crippen LogP contribution in [0.25, 0.3) is 22.4 Å². The molecule has 0 atom stereocenters. The highest BCUT2D eigenvalue weighted by atomic mass is 32.2. The Bertz CT molecular complexity index is 1080. The summed E-state index contributed by atoms with van der Waals surface area (Å²) < 4.78 is 34.4. The zero-order valence-electron chi connectivity index (χ0n) is 16.8. The van der Waals surface area contributed by atoms with Gasteiger partial charge < -0.3 is 4.90 Å².